The Labute approximate surface area is 139 Å². The van der Waals surface area contributed by atoms with Gasteiger partial charge in [0.05, 0.1) is 7.11 Å². The molecule has 1 aliphatic heterocycles. The van der Waals surface area contributed by atoms with Gasteiger partial charge in [-0.25, -0.2) is 4.98 Å². The van der Waals surface area contributed by atoms with Crippen LogP contribution in [0.4, 0.5) is 17.2 Å². The van der Waals surface area contributed by atoms with Crippen LogP contribution >= 0.6 is 0 Å². The van der Waals surface area contributed by atoms with Gasteiger partial charge < -0.3 is 20.1 Å². The molecule has 0 atom stereocenters. The Kier molecular flexibility index (Phi) is 3.63. The summed E-state index contributed by atoms with van der Waals surface area (Å²) in [6.07, 6.45) is 1.48. The second-order valence-electron chi connectivity index (χ2n) is 5.32. The van der Waals surface area contributed by atoms with Gasteiger partial charge >= 0.3 is 0 Å². The molecule has 1 aromatic heterocycles. The number of aromatic nitrogens is 2. The van der Waals surface area contributed by atoms with Crippen molar-refractivity contribution in [3.63, 3.8) is 0 Å². The molecule has 0 fully saturated rings. The number of benzene rings is 2. The van der Waals surface area contributed by atoms with Crippen LogP contribution in [-0.2, 0) is 6.54 Å². The highest BCUT2D eigenvalue weighted by molar-refractivity contribution is 5.75. The number of methoxy groups -OCH3 is 1. The van der Waals surface area contributed by atoms with Crippen molar-refractivity contribution in [2.45, 2.75) is 6.54 Å². The normalized spacial score (nSPS) is 12.0. The van der Waals surface area contributed by atoms with Gasteiger partial charge in [-0.2, -0.15) is 4.98 Å². The topological polar surface area (TPSA) is 68.3 Å². The van der Waals surface area contributed by atoms with Crippen LogP contribution < -0.4 is 20.1 Å². The number of para-hydroxylation sites is 1. The van der Waals surface area contributed by atoms with Gasteiger partial charge in [0.1, 0.15) is 23.5 Å². The summed E-state index contributed by atoms with van der Waals surface area (Å²) in [7, 11) is 1.63. The fourth-order valence-corrected chi connectivity index (χ4v) is 2.55. The average Bonchev–Trinajstić information content (AvgIpc) is 2.81. The largest absolute Gasteiger partial charge is 0.497 e. The summed E-state index contributed by atoms with van der Waals surface area (Å²) in [4.78, 5) is 8.60. The molecule has 0 unspecified atom stereocenters. The number of hydrogen-bond donors (Lipinski definition) is 2. The number of rotatable bonds is 3. The molecule has 0 bridgehead atoms. The number of fused-ring (bicyclic) bond motifs is 2. The lowest BCUT2D eigenvalue weighted by Crippen LogP contribution is -2.04. The minimum absolute atomic E-state index is 0.482. The third-order valence-electron chi connectivity index (χ3n) is 3.79. The van der Waals surface area contributed by atoms with E-state index < -0.39 is 0 Å². The third kappa shape index (κ3) is 2.69. The van der Waals surface area contributed by atoms with Crippen molar-refractivity contribution in [2.75, 3.05) is 17.7 Å². The molecule has 120 valence electrons. The fourth-order valence-electron chi connectivity index (χ4n) is 2.55. The molecule has 0 aliphatic carbocycles. The number of nitrogens with zero attached hydrogens (tertiary/aromatic N) is 2. The van der Waals surface area contributed by atoms with Crippen molar-refractivity contribution >= 4 is 17.2 Å². The highest BCUT2D eigenvalue weighted by atomic mass is 16.5. The molecule has 0 saturated heterocycles. The second kappa shape index (κ2) is 6.08. The van der Waals surface area contributed by atoms with Crippen molar-refractivity contribution in [3.05, 3.63) is 60.4 Å². The summed E-state index contributed by atoms with van der Waals surface area (Å²) in [5, 5.41) is 6.65. The van der Waals surface area contributed by atoms with E-state index in [2.05, 4.69) is 20.6 Å². The van der Waals surface area contributed by atoms with Crippen molar-refractivity contribution < 1.29 is 9.47 Å². The van der Waals surface area contributed by atoms with E-state index in [9.17, 15) is 0 Å². The summed E-state index contributed by atoms with van der Waals surface area (Å²) in [5.41, 5.74) is 2.71. The quantitative estimate of drug-likeness (QED) is 0.761. The molecule has 0 spiro atoms. The van der Waals surface area contributed by atoms with Gasteiger partial charge in [-0.3, -0.25) is 0 Å². The lowest BCUT2D eigenvalue weighted by molar-refractivity contribution is 0.407. The van der Waals surface area contributed by atoms with E-state index in [0.29, 0.717) is 18.2 Å². The highest BCUT2D eigenvalue weighted by Gasteiger charge is 2.20. The number of nitrogens with one attached hydrogen (secondary N) is 2. The zero-order valence-corrected chi connectivity index (χ0v) is 13.1. The van der Waals surface area contributed by atoms with E-state index in [1.54, 1.807) is 7.11 Å². The fraction of sp³-hybridized carbons (Fsp3) is 0.111. The van der Waals surface area contributed by atoms with Gasteiger partial charge in [-0.1, -0.05) is 18.2 Å². The maximum Gasteiger partial charge on any atom is 0.248 e. The first-order valence-corrected chi connectivity index (χ1v) is 7.59. The number of ether oxygens (including phenoxy) is 2. The first-order valence-electron chi connectivity index (χ1n) is 7.59. The van der Waals surface area contributed by atoms with Crippen molar-refractivity contribution in [1.29, 1.82) is 0 Å². The lowest BCUT2D eigenvalue weighted by Gasteiger charge is -2.12. The predicted molar refractivity (Wildman–Crippen MR) is 92.2 cm³/mol. The zero-order chi connectivity index (χ0) is 16.4. The van der Waals surface area contributed by atoms with Crippen LogP contribution in [0.1, 0.15) is 5.56 Å². The Hall–Kier alpha value is -3.28. The van der Waals surface area contributed by atoms with Gasteiger partial charge in [0.25, 0.3) is 0 Å². The van der Waals surface area contributed by atoms with E-state index in [1.807, 2.05) is 48.5 Å². The van der Waals surface area contributed by atoms with Crippen LogP contribution in [0.3, 0.4) is 0 Å². The predicted octanol–water partition coefficient (Wildman–Crippen LogP) is 3.95. The highest BCUT2D eigenvalue weighted by Crippen LogP contribution is 2.39. The van der Waals surface area contributed by atoms with Gasteiger partial charge in [0.15, 0.2) is 5.82 Å². The van der Waals surface area contributed by atoms with Crippen LogP contribution in [0.2, 0.25) is 0 Å². The summed E-state index contributed by atoms with van der Waals surface area (Å²) in [5.74, 6) is 2.63. The standard InChI is InChI=1S/C18H16N4O2/c1-23-14-8-7-12-10-19-16-17(22-13-5-3-2-4-6-13)20-11-21-18(16)24-15(12)9-14/h2-9,11,19H,10H2,1H3,(H,20,21,22). The van der Waals surface area contributed by atoms with Gasteiger partial charge in [-0.05, 0) is 24.3 Å². The lowest BCUT2D eigenvalue weighted by atomic mass is 10.2. The molecule has 24 heavy (non-hydrogen) atoms. The van der Waals surface area contributed by atoms with E-state index in [4.69, 9.17) is 9.47 Å². The Morgan fingerprint density at radius 2 is 2.00 bits per heavy atom. The van der Waals surface area contributed by atoms with Crippen molar-refractivity contribution in [3.8, 4) is 17.4 Å². The van der Waals surface area contributed by atoms with Gasteiger partial charge in [-0.15, -0.1) is 0 Å². The second-order valence-corrected chi connectivity index (χ2v) is 5.32. The van der Waals surface area contributed by atoms with E-state index >= 15 is 0 Å². The van der Waals surface area contributed by atoms with Gasteiger partial charge in [0, 0.05) is 23.9 Å². The Bertz CT molecular complexity index is 868. The van der Waals surface area contributed by atoms with Crippen LogP contribution in [0.5, 0.6) is 17.4 Å². The smallest absolute Gasteiger partial charge is 0.248 e. The maximum absolute atomic E-state index is 5.99. The average molecular weight is 320 g/mol. The summed E-state index contributed by atoms with van der Waals surface area (Å²) < 4.78 is 11.3. The van der Waals surface area contributed by atoms with E-state index in [0.717, 1.165) is 28.4 Å². The molecule has 1 aliphatic rings. The molecule has 2 aromatic carbocycles. The monoisotopic (exact) mass is 320 g/mol. The van der Waals surface area contributed by atoms with Crippen LogP contribution in [-0.4, -0.2) is 17.1 Å². The number of anilines is 3. The Morgan fingerprint density at radius 1 is 1.12 bits per heavy atom. The minimum atomic E-state index is 0.482. The van der Waals surface area contributed by atoms with Gasteiger partial charge in [0.2, 0.25) is 5.88 Å². The number of hydrogen-bond acceptors (Lipinski definition) is 6. The molecule has 3 aromatic rings. The van der Waals surface area contributed by atoms with E-state index in [-0.39, 0.29) is 0 Å². The molecule has 0 amide bonds. The molecule has 6 heteroatoms. The maximum atomic E-state index is 5.99. The molecule has 0 saturated carbocycles. The summed E-state index contributed by atoms with van der Waals surface area (Å²) in [6.45, 7) is 0.614. The first kappa shape index (κ1) is 14.3. The Morgan fingerprint density at radius 3 is 2.83 bits per heavy atom. The van der Waals surface area contributed by atoms with Crippen molar-refractivity contribution in [2.24, 2.45) is 0 Å². The van der Waals surface area contributed by atoms with E-state index in [1.165, 1.54) is 6.33 Å². The van der Waals surface area contributed by atoms with Crippen LogP contribution in [0.15, 0.2) is 54.9 Å². The molecule has 2 heterocycles. The molecular formula is C18H16N4O2. The molecule has 4 rings (SSSR count). The Balaban J connectivity index is 1.70. The van der Waals surface area contributed by atoms with Crippen molar-refractivity contribution in [1.82, 2.24) is 9.97 Å². The van der Waals surface area contributed by atoms with Crippen LogP contribution in [0.25, 0.3) is 0 Å². The minimum Gasteiger partial charge on any atom is -0.497 e. The third-order valence-corrected chi connectivity index (χ3v) is 3.79. The SMILES string of the molecule is COc1ccc2c(c1)Oc1ncnc(Nc3ccccc3)c1NC2. The molecule has 6 nitrogen and oxygen atoms in total. The molecular weight excluding hydrogens is 304 g/mol. The summed E-state index contributed by atoms with van der Waals surface area (Å²) >= 11 is 0. The molecule has 2 N–H and O–H groups in total. The zero-order valence-electron chi connectivity index (χ0n) is 13.1. The van der Waals surface area contributed by atoms with Crippen LogP contribution in [0, 0.1) is 0 Å². The summed E-state index contributed by atoms with van der Waals surface area (Å²) in [6, 6.07) is 15.6. The first-order chi connectivity index (χ1) is 11.8. The molecule has 0 radical (unpaired) electrons.